The molecule has 1 saturated heterocycles. The molecule has 3 aromatic rings. The van der Waals surface area contributed by atoms with Gasteiger partial charge in [0.15, 0.2) is 5.65 Å². The molecule has 1 unspecified atom stereocenters. The van der Waals surface area contributed by atoms with Crippen LogP contribution in [0.2, 0.25) is 5.02 Å². The zero-order valence-corrected chi connectivity index (χ0v) is 16.1. The zero-order chi connectivity index (χ0) is 18.4. The van der Waals surface area contributed by atoms with Crippen LogP contribution in [0.25, 0.3) is 11.2 Å². The fourth-order valence-corrected chi connectivity index (χ4v) is 4.68. The first-order valence-corrected chi connectivity index (χ1v) is 9.87. The maximum atomic E-state index is 6.02. The highest BCUT2D eigenvalue weighted by Gasteiger charge is 2.55. The van der Waals surface area contributed by atoms with E-state index < -0.39 is 0 Å². The van der Waals surface area contributed by atoms with Crippen LogP contribution in [-0.4, -0.2) is 39.1 Å². The molecular formula is C21H23ClN4O. The van der Waals surface area contributed by atoms with Crippen LogP contribution < -0.4 is 0 Å². The molecule has 0 radical (unpaired) electrons. The van der Waals surface area contributed by atoms with Crippen LogP contribution in [-0.2, 0) is 24.9 Å². The van der Waals surface area contributed by atoms with Gasteiger partial charge in [0.1, 0.15) is 5.82 Å². The van der Waals surface area contributed by atoms with Gasteiger partial charge in [-0.3, -0.25) is 4.90 Å². The zero-order valence-electron chi connectivity index (χ0n) is 15.4. The molecular weight excluding hydrogens is 360 g/mol. The lowest BCUT2D eigenvalue weighted by Gasteiger charge is -2.19. The van der Waals surface area contributed by atoms with Gasteiger partial charge in [-0.15, -0.1) is 0 Å². The lowest BCUT2D eigenvalue weighted by Crippen LogP contribution is -2.26. The molecule has 5 nitrogen and oxygen atoms in total. The Hall–Kier alpha value is -1.95. The van der Waals surface area contributed by atoms with Crippen molar-refractivity contribution >= 4 is 22.8 Å². The summed E-state index contributed by atoms with van der Waals surface area (Å²) in [6, 6.07) is 11.9. The summed E-state index contributed by atoms with van der Waals surface area (Å²) in [5.74, 6) is 3.36. The molecule has 6 heteroatoms. The number of rotatable bonds is 6. The number of halogens is 1. The van der Waals surface area contributed by atoms with Crippen LogP contribution in [0.3, 0.4) is 0 Å². The molecule has 0 amide bonds. The molecule has 0 spiro atoms. The smallest absolute Gasteiger partial charge is 0.177 e. The molecule has 140 valence electrons. The summed E-state index contributed by atoms with van der Waals surface area (Å²) in [6.07, 6.45) is 1.80. The Morgan fingerprint density at radius 1 is 1.19 bits per heavy atom. The van der Waals surface area contributed by atoms with Crippen LogP contribution in [0.4, 0.5) is 0 Å². The molecule has 1 saturated carbocycles. The van der Waals surface area contributed by atoms with E-state index in [1.807, 2.05) is 24.3 Å². The highest BCUT2D eigenvalue weighted by molar-refractivity contribution is 6.30. The first kappa shape index (κ1) is 17.2. The number of imidazole rings is 1. The van der Waals surface area contributed by atoms with E-state index in [0.29, 0.717) is 12.5 Å². The van der Waals surface area contributed by atoms with Gasteiger partial charge < -0.3 is 9.30 Å². The molecule has 0 N–H and O–H groups in total. The van der Waals surface area contributed by atoms with Gasteiger partial charge in [0.05, 0.1) is 25.3 Å². The topological polar surface area (TPSA) is 43.2 Å². The van der Waals surface area contributed by atoms with Crippen molar-refractivity contribution in [2.24, 2.45) is 24.8 Å². The van der Waals surface area contributed by atoms with Gasteiger partial charge in [-0.2, -0.15) is 0 Å². The van der Waals surface area contributed by atoms with E-state index in [2.05, 4.69) is 33.6 Å². The molecule has 27 heavy (non-hydrogen) atoms. The molecule has 3 heterocycles. The van der Waals surface area contributed by atoms with Crippen molar-refractivity contribution < 1.29 is 4.74 Å². The predicted octanol–water partition coefficient (Wildman–Crippen LogP) is 3.52. The second-order valence-corrected chi connectivity index (χ2v) is 8.20. The quantitative estimate of drug-likeness (QED) is 0.654. The fourth-order valence-electron chi connectivity index (χ4n) is 4.47. The largest absolute Gasteiger partial charge is 0.376 e. The van der Waals surface area contributed by atoms with Gasteiger partial charge in [0.25, 0.3) is 0 Å². The van der Waals surface area contributed by atoms with Crippen molar-refractivity contribution in [3.05, 3.63) is 59.0 Å². The van der Waals surface area contributed by atoms with E-state index in [-0.39, 0.29) is 0 Å². The van der Waals surface area contributed by atoms with Crippen molar-refractivity contribution in [1.82, 2.24) is 19.4 Å². The maximum Gasteiger partial charge on any atom is 0.177 e. The number of aryl methyl sites for hydroxylation is 1. The van der Waals surface area contributed by atoms with Gasteiger partial charge in [-0.1, -0.05) is 23.7 Å². The third-order valence-corrected chi connectivity index (χ3v) is 6.26. The molecule has 2 aromatic heterocycles. The Bertz CT molecular complexity index is 960. The van der Waals surface area contributed by atoms with Crippen LogP contribution in [0, 0.1) is 17.8 Å². The summed E-state index contributed by atoms with van der Waals surface area (Å²) in [6.45, 7) is 4.69. The first-order chi connectivity index (χ1) is 13.2. The molecule has 5 rings (SSSR count). The van der Waals surface area contributed by atoms with E-state index in [0.717, 1.165) is 65.7 Å². The van der Waals surface area contributed by atoms with E-state index in [9.17, 15) is 0 Å². The van der Waals surface area contributed by atoms with Crippen molar-refractivity contribution in [2.75, 3.05) is 19.7 Å². The molecule has 2 fully saturated rings. The van der Waals surface area contributed by atoms with E-state index in [1.165, 1.54) is 0 Å². The Morgan fingerprint density at radius 3 is 2.81 bits per heavy atom. The monoisotopic (exact) mass is 382 g/mol. The number of hydrogen-bond acceptors (Lipinski definition) is 4. The van der Waals surface area contributed by atoms with Crippen LogP contribution in [0.1, 0.15) is 11.4 Å². The van der Waals surface area contributed by atoms with Crippen molar-refractivity contribution in [3.63, 3.8) is 0 Å². The lowest BCUT2D eigenvalue weighted by atomic mass is 10.2. The molecule has 1 aliphatic carbocycles. The number of piperidine rings is 1. The number of benzene rings is 1. The van der Waals surface area contributed by atoms with Gasteiger partial charge in [0.2, 0.25) is 0 Å². The summed E-state index contributed by atoms with van der Waals surface area (Å²) >= 11 is 6.02. The third-order valence-electron chi connectivity index (χ3n) is 6.03. The van der Waals surface area contributed by atoms with Crippen LogP contribution in [0.5, 0.6) is 0 Å². The van der Waals surface area contributed by atoms with Crippen molar-refractivity contribution in [2.45, 2.75) is 13.2 Å². The second kappa shape index (κ2) is 6.89. The second-order valence-electron chi connectivity index (χ2n) is 7.76. The lowest BCUT2D eigenvalue weighted by molar-refractivity contribution is 0.0967. The number of fused-ring (bicyclic) bond motifs is 2. The number of ether oxygens (including phenoxy) is 1. The normalized spacial score (nSPS) is 24.4. The standard InChI is InChI=1S/C21H23ClN4O/c1-25-19-6-3-7-23-21(19)24-20(25)11-26-9-16-17(10-26)18(16)13-27-12-14-4-2-5-15(22)8-14/h2-8,16-18H,9-13H2,1H3/t16-,17+,18?. The Morgan fingerprint density at radius 2 is 2.04 bits per heavy atom. The van der Waals surface area contributed by atoms with Gasteiger partial charge >= 0.3 is 0 Å². The van der Waals surface area contributed by atoms with E-state index in [4.69, 9.17) is 21.3 Å². The first-order valence-electron chi connectivity index (χ1n) is 9.50. The minimum absolute atomic E-state index is 0.646. The number of pyridine rings is 1. The molecule has 2 aliphatic rings. The van der Waals surface area contributed by atoms with E-state index in [1.54, 1.807) is 6.20 Å². The number of likely N-dealkylation sites (tertiary alicyclic amines) is 1. The minimum Gasteiger partial charge on any atom is -0.376 e. The van der Waals surface area contributed by atoms with Crippen molar-refractivity contribution in [3.8, 4) is 0 Å². The summed E-state index contributed by atoms with van der Waals surface area (Å²) in [7, 11) is 2.08. The summed E-state index contributed by atoms with van der Waals surface area (Å²) in [4.78, 5) is 11.6. The number of hydrogen-bond donors (Lipinski definition) is 0. The SMILES string of the molecule is Cn1c(CN2C[C@@H]3C(COCc4cccc(Cl)c4)[C@@H]3C2)nc2ncccc21. The van der Waals surface area contributed by atoms with Gasteiger partial charge in [0, 0.05) is 31.4 Å². The average Bonchev–Trinajstić information content (AvgIpc) is 2.99. The minimum atomic E-state index is 0.646. The molecule has 1 aromatic carbocycles. The summed E-state index contributed by atoms with van der Waals surface area (Å²) in [5.41, 5.74) is 3.08. The van der Waals surface area contributed by atoms with Crippen LogP contribution >= 0.6 is 11.6 Å². The third kappa shape index (κ3) is 3.35. The molecule has 0 bridgehead atoms. The molecule has 1 aliphatic heterocycles. The summed E-state index contributed by atoms with van der Waals surface area (Å²) in [5, 5.41) is 0.771. The Balaban J connectivity index is 1.12. The van der Waals surface area contributed by atoms with Gasteiger partial charge in [-0.05, 0) is 47.6 Å². The highest BCUT2D eigenvalue weighted by atomic mass is 35.5. The Labute approximate surface area is 163 Å². The fraction of sp³-hybridized carbons (Fsp3) is 0.429. The predicted molar refractivity (Wildman–Crippen MR) is 105 cm³/mol. The average molecular weight is 383 g/mol. The number of nitrogens with zero attached hydrogens (tertiary/aromatic N) is 4. The highest BCUT2D eigenvalue weighted by Crippen LogP contribution is 2.52. The van der Waals surface area contributed by atoms with Gasteiger partial charge in [-0.25, -0.2) is 9.97 Å². The van der Waals surface area contributed by atoms with Crippen LogP contribution in [0.15, 0.2) is 42.6 Å². The number of aromatic nitrogens is 3. The maximum absolute atomic E-state index is 6.02. The molecule has 3 atom stereocenters. The van der Waals surface area contributed by atoms with Crippen molar-refractivity contribution in [1.29, 1.82) is 0 Å². The summed E-state index contributed by atoms with van der Waals surface area (Å²) < 4.78 is 8.11. The van der Waals surface area contributed by atoms with E-state index >= 15 is 0 Å². The Kier molecular flexibility index (Phi) is 4.38.